The Morgan fingerprint density at radius 2 is 1.81 bits per heavy atom. The van der Waals surface area contributed by atoms with E-state index in [4.69, 9.17) is 5.11 Å². The summed E-state index contributed by atoms with van der Waals surface area (Å²) in [5.41, 5.74) is 2.96. The average Bonchev–Trinajstić information content (AvgIpc) is 2.43. The Labute approximate surface area is 123 Å². The van der Waals surface area contributed by atoms with Gasteiger partial charge in [0.25, 0.3) is 0 Å². The predicted octanol–water partition coefficient (Wildman–Crippen LogP) is 3.46. The lowest BCUT2D eigenvalue weighted by atomic mass is 10.1. The Morgan fingerprint density at radius 1 is 1.14 bits per heavy atom. The first-order valence-electron chi connectivity index (χ1n) is 6.71. The number of carboxylic acid groups (broad SMARTS) is 1. The molecule has 0 heterocycles. The summed E-state index contributed by atoms with van der Waals surface area (Å²) in [6, 6.07) is 11.8. The number of carboxylic acids is 1. The summed E-state index contributed by atoms with van der Waals surface area (Å²) in [4.78, 5) is 12.8. The van der Waals surface area contributed by atoms with E-state index in [9.17, 15) is 9.18 Å². The van der Waals surface area contributed by atoms with Gasteiger partial charge in [-0.15, -0.1) is 0 Å². The molecule has 0 saturated heterocycles. The van der Waals surface area contributed by atoms with Crippen molar-refractivity contribution in [1.82, 2.24) is 4.90 Å². The van der Waals surface area contributed by atoms with E-state index >= 15 is 0 Å². The molecule has 0 fully saturated rings. The minimum atomic E-state index is -0.934. The molecule has 0 radical (unpaired) electrons. The Balaban J connectivity index is 2.02. The molecule has 2 aromatic rings. The van der Waals surface area contributed by atoms with Crippen molar-refractivity contribution < 1.29 is 14.3 Å². The maximum atomic E-state index is 13.7. The van der Waals surface area contributed by atoms with Gasteiger partial charge in [-0.1, -0.05) is 29.8 Å². The van der Waals surface area contributed by atoms with Gasteiger partial charge in [0, 0.05) is 18.7 Å². The highest BCUT2D eigenvalue weighted by molar-refractivity contribution is 5.87. The SMILES string of the molecule is Cc1ccc(F)c(CN(C)Cc2ccc(C(=O)O)cc2)c1. The van der Waals surface area contributed by atoms with Crippen LogP contribution in [0.5, 0.6) is 0 Å². The third-order valence-corrected chi connectivity index (χ3v) is 3.29. The van der Waals surface area contributed by atoms with Crippen LogP contribution < -0.4 is 0 Å². The molecule has 0 atom stereocenters. The molecule has 2 aromatic carbocycles. The van der Waals surface area contributed by atoms with Gasteiger partial charge < -0.3 is 5.11 Å². The Hall–Kier alpha value is -2.20. The van der Waals surface area contributed by atoms with Crippen LogP contribution in [0.4, 0.5) is 4.39 Å². The van der Waals surface area contributed by atoms with E-state index < -0.39 is 5.97 Å². The second kappa shape index (κ2) is 6.50. The van der Waals surface area contributed by atoms with E-state index in [1.807, 2.05) is 24.9 Å². The number of carbonyl (C=O) groups is 1. The molecule has 0 amide bonds. The molecule has 21 heavy (non-hydrogen) atoms. The van der Waals surface area contributed by atoms with Crippen molar-refractivity contribution >= 4 is 5.97 Å². The van der Waals surface area contributed by atoms with Crippen molar-refractivity contribution in [1.29, 1.82) is 0 Å². The zero-order chi connectivity index (χ0) is 15.4. The summed E-state index contributed by atoms with van der Waals surface area (Å²) in [7, 11) is 1.91. The van der Waals surface area contributed by atoms with Gasteiger partial charge in [-0.2, -0.15) is 0 Å². The normalized spacial score (nSPS) is 10.9. The standard InChI is InChI=1S/C17H18FNO2/c1-12-3-8-16(18)15(9-12)11-19(2)10-13-4-6-14(7-5-13)17(20)21/h3-9H,10-11H2,1-2H3,(H,20,21). The van der Waals surface area contributed by atoms with Crippen LogP contribution in [0.15, 0.2) is 42.5 Å². The number of benzene rings is 2. The molecule has 0 spiro atoms. The largest absolute Gasteiger partial charge is 0.478 e. The van der Waals surface area contributed by atoms with Gasteiger partial charge >= 0.3 is 5.97 Å². The lowest BCUT2D eigenvalue weighted by Gasteiger charge is -2.17. The van der Waals surface area contributed by atoms with Crippen LogP contribution in [0.25, 0.3) is 0 Å². The molecular weight excluding hydrogens is 269 g/mol. The molecule has 3 nitrogen and oxygen atoms in total. The second-order valence-corrected chi connectivity index (χ2v) is 5.27. The van der Waals surface area contributed by atoms with Crippen molar-refractivity contribution in [3.63, 3.8) is 0 Å². The smallest absolute Gasteiger partial charge is 0.335 e. The molecule has 110 valence electrons. The molecule has 4 heteroatoms. The number of rotatable bonds is 5. The number of aryl methyl sites for hydroxylation is 1. The van der Waals surface area contributed by atoms with E-state index in [0.29, 0.717) is 18.7 Å². The molecule has 0 bridgehead atoms. The summed E-state index contributed by atoms with van der Waals surface area (Å²) in [5.74, 6) is -1.13. The number of hydrogen-bond donors (Lipinski definition) is 1. The van der Waals surface area contributed by atoms with Gasteiger partial charge in [0.2, 0.25) is 0 Å². The van der Waals surface area contributed by atoms with E-state index in [0.717, 1.165) is 11.1 Å². The fourth-order valence-corrected chi connectivity index (χ4v) is 2.24. The molecule has 1 N–H and O–H groups in total. The van der Waals surface area contributed by atoms with Crippen LogP contribution in [0.1, 0.15) is 27.0 Å². The monoisotopic (exact) mass is 287 g/mol. The first-order valence-corrected chi connectivity index (χ1v) is 6.71. The molecule has 0 aliphatic heterocycles. The first-order chi connectivity index (χ1) is 9.95. The summed E-state index contributed by atoms with van der Waals surface area (Å²) in [6.07, 6.45) is 0. The van der Waals surface area contributed by atoms with E-state index in [2.05, 4.69) is 0 Å². The van der Waals surface area contributed by atoms with E-state index in [1.54, 1.807) is 30.3 Å². The quantitative estimate of drug-likeness (QED) is 0.915. The number of nitrogens with zero attached hydrogens (tertiary/aromatic N) is 1. The van der Waals surface area contributed by atoms with E-state index in [1.165, 1.54) is 6.07 Å². The fourth-order valence-electron chi connectivity index (χ4n) is 2.24. The second-order valence-electron chi connectivity index (χ2n) is 5.27. The predicted molar refractivity (Wildman–Crippen MR) is 79.7 cm³/mol. The Bertz CT molecular complexity index is 638. The van der Waals surface area contributed by atoms with Crippen molar-refractivity contribution in [2.24, 2.45) is 0 Å². The number of hydrogen-bond acceptors (Lipinski definition) is 2. The molecule has 0 unspecified atom stereocenters. The van der Waals surface area contributed by atoms with Crippen LogP contribution >= 0.6 is 0 Å². The first kappa shape index (κ1) is 15.2. The fraction of sp³-hybridized carbons (Fsp3) is 0.235. The highest BCUT2D eigenvalue weighted by atomic mass is 19.1. The number of aromatic carboxylic acids is 1. The third kappa shape index (κ3) is 4.13. The van der Waals surface area contributed by atoms with Gasteiger partial charge in [-0.05, 0) is 37.7 Å². The van der Waals surface area contributed by atoms with Crippen molar-refractivity contribution in [3.05, 3.63) is 70.5 Å². The van der Waals surface area contributed by atoms with Crippen LogP contribution in [0.2, 0.25) is 0 Å². The summed E-state index contributed by atoms with van der Waals surface area (Å²) in [6.45, 7) is 3.08. The lowest BCUT2D eigenvalue weighted by molar-refractivity contribution is 0.0697. The molecule has 0 aromatic heterocycles. The topological polar surface area (TPSA) is 40.5 Å². The minimum absolute atomic E-state index is 0.200. The van der Waals surface area contributed by atoms with Crippen molar-refractivity contribution in [3.8, 4) is 0 Å². The maximum Gasteiger partial charge on any atom is 0.335 e. The van der Waals surface area contributed by atoms with Crippen molar-refractivity contribution in [2.45, 2.75) is 20.0 Å². The van der Waals surface area contributed by atoms with Gasteiger partial charge in [0.15, 0.2) is 0 Å². The van der Waals surface area contributed by atoms with Crippen LogP contribution in [0, 0.1) is 12.7 Å². The van der Waals surface area contributed by atoms with Crippen LogP contribution in [0.3, 0.4) is 0 Å². The van der Waals surface area contributed by atoms with Crippen LogP contribution in [-0.2, 0) is 13.1 Å². The summed E-state index contributed by atoms with van der Waals surface area (Å²) >= 11 is 0. The van der Waals surface area contributed by atoms with Gasteiger partial charge in [-0.3, -0.25) is 4.90 Å². The zero-order valence-corrected chi connectivity index (χ0v) is 12.1. The van der Waals surface area contributed by atoms with E-state index in [-0.39, 0.29) is 11.4 Å². The molecule has 2 rings (SSSR count). The average molecular weight is 287 g/mol. The molecule has 0 saturated carbocycles. The molecular formula is C17H18FNO2. The third-order valence-electron chi connectivity index (χ3n) is 3.29. The van der Waals surface area contributed by atoms with Crippen LogP contribution in [-0.4, -0.2) is 23.0 Å². The van der Waals surface area contributed by atoms with Gasteiger partial charge in [0.1, 0.15) is 5.82 Å². The lowest BCUT2D eigenvalue weighted by Crippen LogP contribution is -2.18. The molecule has 0 aliphatic rings. The van der Waals surface area contributed by atoms with Gasteiger partial charge in [-0.25, -0.2) is 9.18 Å². The highest BCUT2D eigenvalue weighted by Crippen LogP contribution is 2.14. The highest BCUT2D eigenvalue weighted by Gasteiger charge is 2.08. The van der Waals surface area contributed by atoms with Gasteiger partial charge in [0.05, 0.1) is 5.56 Å². The number of halogens is 1. The minimum Gasteiger partial charge on any atom is -0.478 e. The Kier molecular flexibility index (Phi) is 4.70. The summed E-state index contributed by atoms with van der Waals surface area (Å²) in [5, 5.41) is 8.86. The Morgan fingerprint density at radius 3 is 2.43 bits per heavy atom. The molecule has 0 aliphatic carbocycles. The van der Waals surface area contributed by atoms with Crippen molar-refractivity contribution in [2.75, 3.05) is 7.05 Å². The summed E-state index contributed by atoms with van der Waals surface area (Å²) < 4.78 is 13.7. The maximum absolute atomic E-state index is 13.7. The zero-order valence-electron chi connectivity index (χ0n) is 12.1.